The number of ether oxygens (including phenoxy) is 1. The van der Waals surface area contributed by atoms with Crippen LogP contribution in [0.5, 0.6) is 0 Å². The smallest absolute Gasteiger partial charge is 0.465 e. The Hall–Kier alpha value is -3.17. The maximum Gasteiger partial charge on any atom is 0.512 e. The molecular weight excluding hydrogens is 450 g/mol. The molecule has 2 heterocycles. The van der Waals surface area contributed by atoms with E-state index in [0.29, 0.717) is 27.8 Å². The van der Waals surface area contributed by atoms with E-state index >= 15 is 0 Å². The van der Waals surface area contributed by atoms with Gasteiger partial charge < -0.3 is 23.9 Å². The molecule has 2 aromatic carbocycles. The van der Waals surface area contributed by atoms with Crippen LogP contribution in [0.25, 0.3) is 10.8 Å². The summed E-state index contributed by atoms with van der Waals surface area (Å²) >= 11 is 0. The quantitative estimate of drug-likeness (QED) is 0.441. The minimum atomic E-state index is -0.761. The number of nitrogens with one attached hydrogen (secondary N) is 1. The van der Waals surface area contributed by atoms with E-state index in [4.69, 9.17) is 14.0 Å². The third-order valence-corrected chi connectivity index (χ3v) is 7.06. The lowest BCUT2D eigenvalue weighted by Gasteiger charge is -2.32. The Morgan fingerprint density at radius 3 is 2.34 bits per heavy atom. The number of aromatic nitrogens is 1. The predicted octanol–water partition coefficient (Wildman–Crippen LogP) is 3.94. The molecule has 1 aromatic heterocycles. The SMILES string of the molecule is COC(=O)c1ccccc1N[C@H](C)c1cc(F)cc2c(=O)n(C)c(B3OC(C)(C)C(C)(C)O3)cc12. The van der Waals surface area contributed by atoms with E-state index in [1.54, 1.807) is 31.3 Å². The third-order valence-electron chi connectivity index (χ3n) is 7.06. The van der Waals surface area contributed by atoms with Crippen molar-refractivity contribution in [1.82, 2.24) is 4.57 Å². The molecule has 1 aliphatic heterocycles. The van der Waals surface area contributed by atoms with Crippen molar-refractivity contribution in [3.05, 3.63) is 69.8 Å². The summed E-state index contributed by atoms with van der Waals surface area (Å²) in [6.07, 6.45) is 0. The van der Waals surface area contributed by atoms with E-state index in [2.05, 4.69) is 5.32 Å². The summed E-state index contributed by atoms with van der Waals surface area (Å²) in [6.45, 7) is 9.61. The highest BCUT2D eigenvalue weighted by atomic mass is 19.1. The molecule has 1 fully saturated rings. The molecule has 0 amide bonds. The van der Waals surface area contributed by atoms with Crippen molar-refractivity contribution in [2.75, 3.05) is 12.4 Å². The first-order valence-corrected chi connectivity index (χ1v) is 11.5. The highest BCUT2D eigenvalue weighted by Gasteiger charge is 2.52. The van der Waals surface area contributed by atoms with E-state index in [1.165, 1.54) is 23.8 Å². The van der Waals surface area contributed by atoms with E-state index in [-0.39, 0.29) is 10.9 Å². The van der Waals surface area contributed by atoms with Gasteiger partial charge in [-0.05, 0) is 75.9 Å². The number of benzene rings is 2. The first kappa shape index (κ1) is 24.9. The van der Waals surface area contributed by atoms with Crippen molar-refractivity contribution in [1.29, 1.82) is 0 Å². The molecule has 1 atom stereocenters. The predicted molar refractivity (Wildman–Crippen MR) is 135 cm³/mol. The number of esters is 1. The van der Waals surface area contributed by atoms with Crippen LogP contribution < -0.4 is 16.5 Å². The highest BCUT2D eigenvalue weighted by molar-refractivity contribution is 6.61. The van der Waals surface area contributed by atoms with Crippen molar-refractivity contribution >= 4 is 35.1 Å². The molecule has 0 aliphatic carbocycles. The number of fused-ring (bicyclic) bond motifs is 1. The molecule has 1 N–H and O–H groups in total. The number of halogens is 1. The lowest BCUT2D eigenvalue weighted by atomic mass is 9.82. The van der Waals surface area contributed by atoms with Gasteiger partial charge in [-0.1, -0.05) is 12.1 Å². The summed E-state index contributed by atoms with van der Waals surface area (Å²) in [5.41, 5.74) is 0.485. The van der Waals surface area contributed by atoms with Gasteiger partial charge in [0.1, 0.15) is 5.82 Å². The van der Waals surface area contributed by atoms with Crippen molar-refractivity contribution in [3.8, 4) is 0 Å². The van der Waals surface area contributed by atoms with E-state index < -0.39 is 36.1 Å². The van der Waals surface area contributed by atoms with Crippen LogP contribution in [-0.4, -0.2) is 36.0 Å². The maximum atomic E-state index is 14.7. The van der Waals surface area contributed by atoms with Crippen LogP contribution in [0.1, 0.15) is 56.6 Å². The zero-order chi connectivity index (χ0) is 25.7. The van der Waals surface area contributed by atoms with Gasteiger partial charge in [-0.25, -0.2) is 9.18 Å². The summed E-state index contributed by atoms with van der Waals surface area (Å²) in [6, 6.07) is 10.9. The number of pyridine rings is 1. The van der Waals surface area contributed by atoms with Gasteiger partial charge in [0.15, 0.2) is 0 Å². The number of nitrogens with zero attached hydrogens (tertiary/aromatic N) is 1. The average molecular weight is 480 g/mol. The monoisotopic (exact) mass is 480 g/mol. The lowest BCUT2D eigenvalue weighted by molar-refractivity contribution is 0.00578. The molecule has 3 aromatic rings. The van der Waals surface area contributed by atoms with Gasteiger partial charge in [-0.15, -0.1) is 0 Å². The summed E-state index contributed by atoms with van der Waals surface area (Å²) in [5.74, 6) is -1.01. The van der Waals surface area contributed by atoms with E-state index in [1.807, 2.05) is 40.7 Å². The number of carbonyl (C=O) groups is 1. The lowest BCUT2D eigenvalue weighted by Crippen LogP contribution is -2.44. The number of hydrogen-bond donors (Lipinski definition) is 1. The van der Waals surface area contributed by atoms with Gasteiger partial charge >= 0.3 is 13.1 Å². The summed E-state index contributed by atoms with van der Waals surface area (Å²) in [4.78, 5) is 25.5. The fraction of sp³-hybridized carbons (Fsp3) is 0.385. The number of para-hydroxylation sites is 1. The number of methoxy groups -OCH3 is 1. The second kappa shape index (κ2) is 8.80. The fourth-order valence-corrected chi connectivity index (χ4v) is 4.28. The molecular formula is C26H30BFN2O5. The molecule has 0 spiro atoms. The van der Waals surface area contributed by atoms with Gasteiger partial charge in [-0.2, -0.15) is 0 Å². The van der Waals surface area contributed by atoms with Gasteiger partial charge in [0.2, 0.25) is 0 Å². The normalized spacial score (nSPS) is 17.4. The molecule has 0 radical (unpaired) electrons. The molecule has 35 heavy (non-hydrogen) atoms. The largest absolute Gasteiger partial charge is 0.512 e. The van der Waals surface area contributed by atoms with Crippen LogP contribution in [0.2, 0.25) is 0 Å². The van der Waals surface area contributed by atoms with Gasteiger partial charge in [0, 0.05) is 18.8 Å². The van der Waals surface area contributed by atoms with Crippen molar-refractivity contribution < 1.29 is 23.2 Å². The van der Waals surface area contributed by atoms with Crippen LogP contribution in [0, 0.1) is 5.82 Å². The van der Waals surface area contributed by atoms with E-state index in [0.717, 1.165) is 0 Å². The van der Waals surface area contributed by atoms with Crippen LogP contribution >= 0.6 is 0 Å². The highest BCUT2D eigenvalue weighted by Crippen LogP contribution is 2.37. The molecule has 0 bridgehead atoms. The first-order valence-electron chi connectivity index (χ1n) is 11.5. The standard InChI is InChI=1S/C26H30BFN2O5/c1-15(29-21-11-9-8-10-17(21)24(32)33-7)18-12-16(28)13-20-19(18)14-22(30(6)23(20)31)27-34-25(2,3)26(4,5)35-27/h8-15,29H,1-7H3/t15-/m1/s1. The minimum Gasteiger partial charge on any atom is -0.465 e. The van der Waals surface area contributed by atoms with Crippen LogP contribution in [0.3, 0.4) is 0 Å². The summed E-state index contributed by atoms with van der Waals surface area (Å²) in [5, 5.41) is 4.10. The molecule has 1 saturated heterocycles. The molecule has 4 rings (SSSR count). The number of rotatable bonds is 5. The Labute approximate surface area is 204 Å². The van der Waals surface area contributed by atoms with Crippen LogP contribution in [-0.2, 0) is 21.1 Å². The van der Waals surface area contributed by atoms with Crippen molar-refractivity contribution in [2.45, 2.75) is 51.9 Å². The Morgan fingerprint density at radius 2 is 1.71 bits per heavy atom. The average Bonchev–Trinajstić information content (AvgIpc) is 3.02. The second-order valence-corrected chi connectivity index (χ2v) is 9.88. The fourth-order valence-electron chi connectivity index (χ4n) is 4.28. The Balaban J connectivity index is 1.83. The molecule has 7 nitrogen and oxygen atoms in total. The Bertz CT molecular complexity index is 1350. The maximum absolute atomic E-state index is 14.7. The van der Waals surface area contributed by atoms with Crippen LogP contribution in [0.4, 0.5) is 10.1 Å². The molecule has 184 valence electrons. The number of anilines is 1. The van der Waals surface area contributed by atoms with Crippen LogP contribution in [0.15, 0.2) is 47.3 Å². The summed E-state index contributed by atoms with van der Waals surface area (Å²) < 4.78 is 33.4. The minimum absolute atomic E-state index is 0.248. The third kappa shape index (κ3) is 4.34. The number of hydrogen-bond acceptors (Lipinski definition) is 6. The topological polar surface area (TPSA) is 78.8 Å². The van der Waals surface area contributed by atoms with Crippen molar-refractivity contribution in [3.63, 3.8) is 0 Å². The Morgan fingerprint density at radius 1 is 1.09 bits per heavy atom. The zero-order valence-corrected chi connectivity index (χ0v) is 21.1. The molecule has 9 heteroatoms. The second-order valence-electron chi connectivity index (χ2n) is 9.88. The molecule has 1 aliphatic rings. The van der Waals surface area contributed by atoms with Gasteiger partial charge in [0.05, 0.1) is 34.9 Å². The molecule has 0 unspecified atom stereocenters. The molecule has 0 saturated carbocycles. The summed E-state index contributed by atoms with van der Waals surface area (Å²) in [7, 11) is 2.18. The zero-order valence-electron chi connectivity index (χ0n) is 21.1. The van der Waals surface area contributed by atoms with E-state index in [9.17, 15) is 14.0 Å². The van der Waals surface area contributed by atoms with Crippen molar-refractivity contribution in [2.24, 2.45) is 7.05 Å². The first-order chi connectivity index (χ1) is 16.4. The van der Waals surface area contributed by atoms with Gasteiger partial charge in [0.25, 0.3) is 5.56 Å². The number of carbonyl (C=O) groups excluding carboxylic acids is 1. The van der Waals surface area contributed by atoms with Gasteiger partial charge in [-0.3, -0.25) is 4.79 Å². The Kier molecular flexibility index (Phi) is 6.27.